The SMILES string of the molecule is CC(C)C[C@H](O)[C@H](O)[C@H](N)CC1CCCCC1. The number of rotatable bonds is 6. The zero-order valence-corrected chi connectivity index (χ0v) is 11.3. The number of hydrogen-bond donors (Lipinski definition) is 3. The molecule has 0 radical (unpaired) electrons. The Morgan fingerprint density at radius 2 is 1.71 bits per heavy atom. The van der Waals surface area contributed by atoms with Crippen LogP contribution in [0.2, 0.25) is 0 Å². The lowest BCUT2D eigenvalue weighted by Crippen LogP contribution is -2.44. The molecule has 17 heavy (non-hydrogen) atoms. The van der Waals surface area contributed by atoms with E-state index >= 15 is 0 Å². The molecule has 0 amide bonds. The molecule has 0 aromatic carbocycles. The Bertz CT molecular complexity index is 202. The molecule has 0 unspecified atom stereocenters. The van der Waals surface area contributed by atoms with Gasteiger partial charge in [0.1, 0.15) is 0 Å². The van der Waals surface area contributed by atoms with Crippen molar-refractivity contribution in [3.8, 4) is 0 Å². The first-order chi connectivity index (χ1) is 8.00. The van der Waals surface area contributed by atoms with Crippen LogP contribution in [0.4, 0.5) is 0 Å². The first kappa shape index (κ1) is 14.9. The van der Waals surface area contributed by atoms with E-state index in [1.807, 2.05) is 13.8 Å². The van der Waals surface area contributed by atoms with Gasteiger partial charge >= 0.3 is 0 Å². The Kier molecular flexibility index (Phi) is 6.45. The van der Waals surface area contributed by atoms with Gasteiger partial charge in [-0.25, -0.2) is 0 Å². The van der Waals surface area contributed by atoms with Crippen molar-refractivity contribution in [2.75, 3.05) is 0 Å². The summed E-state index contributed by atoms with van der Waals surface area (Å²) in [5.74, 6) is 1.04. The van der Waals surface area contributed by atoms with Crippen molar-refractivity contribution in [2.45, 2.75) is 77.0 Å². The monoisotopic (exact) mass is 243 g/mol. The van der Waals surface area contributed by atoms with Gasteiger partial charge in [0.05, 0.1) is 12.2 Å². The number of nitrogens with two attached hydrogens (primary N) is 1. The molecule has 1 aliphatic rings. The summed E-state index contributed by atoms with van der Waals surface area (Å²) < 4.78 is 0. The van der Waals surface area contributed by atoms with Gasteiger partial charge in [-0.1, -0.05) is 46.0 Å². The fourth-order valence-electron chi connectivity index (χ4n) is 2.85. The smallest absolute Gasteiger partial charge is 0.0949 e. The third-order valence-electron chi connectivity index (χ3n) is 3.88. The zero-order valence-electron chi connectivity index (χ0n) is 11.3. The number of hydrogen-bond acceptors (Lipinski definition) is 3. The van der Waals surface area contributed by atoms with E-state index in [0.717, 1.165) is 6.42 Å². The molecule has 0 heterocycles. The molecular weight excluding hydrogens is 214 g/mol. The second-order valence-corrected chi connectivity index (χ2v) is 6.09. The zero-order chi connectivity index (χ0) is 12.8. The van der Waals surface area contributed by atoms with Crippen LogP contribution in [0, 0.1) is 11.8 Å². The fourth-order valence-corrected chi connectivity index (χ4v) is 2.85. The molecule has 102 valence electrons. The summed E-state index contributed by atoms with van der Waals surface area (Å²) in [5.41, 5.74) is 6.01. The normalized spacial score (nSPS) is 23.6. The lowest BCUT2D eigenvalue weighted by atomic mass is 9.83. The first-order valence-electron chi connectivity index (χ1n) is 7.12. The van der Waals surface area contributed by atoms with Crippen LogP contribution in [0.25, 0.3) is 0 Å². The predicted molar refractivity (Wildman–Crippen MR) is 70.6 cm³/mol. The lowest BCUT2D eigenvalue weighted by Gasteiger charge is -2.29. The lowest BCUT2D eigenvalue weighted by molar-refractivity contribution is -0.0117. The van der Waals surface area contributed by atoms with Crippen LogP contribution < -0.4 is 5.73 Å². The third-order valence-corrected chi connectivity index (χ3v) is 3.88. The minimum absolute atomic E-state index is 0.271. The molecule has 0 aromatic rings. The van der Waals surface area contributed by atoms with Crippen LogP contribution in [0.5, 0.6) is 0 Å². The van der Waals surface area contributed by atoms with Gasteiger partial charge in [0, 0.05) is 6.04 Å². The maximum atomic E-state index is 9.99. The van der Waals surface area contributed by atoms with Gasteiger partial charge in [-0.3, -0.25) is 0 Å². The summed E-state index contributed by atoms with van der Waals surface area (Å²) in [6, 6.07) is -0.271. The minimum Gasteiger partial charge on any atom is -0.390 e. The second-order valence-electron chi connectivity index (χ2n) is 6.09. The van der Waals surface area contributed by atoms with Gasteiger partial charge in [-0.05, 0) is 24.7 Å². The van der Waals surface area contributed by atoms with E-state index in [-0.39, 0.29) is 6.04 Å². The third kappa shape index (κ3) is 5.36. The molecule has 1 saturated carbocycles. The standard InChI is InChI=1S/C14H29NO2/c1-10(2)8-13(16)14(17)12(15)9-11-6-4-3-5-7-11/h10-14,16-17H,3-9,15H2,1-2H3/t12-,13+,14-/m1/s1. The minimum atomic E-state index is -0.765. The molecule has 3 nitrogen and oxygen atoms in total. The molecular formula is C14H29NO2. The summed E-state index contributed by atoms with van der Waals surface area (Å²) in [4.78, 5) is 0. The van der Waals surface area contributed by atoms with Crippen LogP contribution in [0.1, 0.15) is 58.8 Å². The highest BCUT2D eigenvalue weighted by molar-refractivity contribution is 4.82. The molecule has 0 aromatic heterocycles. The molecule has 0 saturated heterocycles. The molecule has 0 bridgehead atoms. The van der Waals surface area contributed by atoms with Crippen molar-refractivity contribution < 1.29 is 10.2 Å². The van der Waals surface area contributed by atoms with E-state index in [0.29, 0.717) is 18.3 Å². The van der Waals surface area contributed by atoms with E-state index in [1.165, 1.54) is 32.1 Å². The van der Waals surface area contributed by atoms with Crippen LogP contribution in [0.15, 0.2) is 0 Å². The molecule has 3 atom stereocenters. The molecule has 1 rings (SSSR count). The van der Waals surface area contributed by atoms with Gasteiger partial charge in [0.15, 0.2) is 0 Å². The van der Waals surface area contributed by atoms with Crippen molar-refractivity contribution in [3.05, 3.63) is 0 Å². The molecule has 3 heteroatoms. The highest BCUT2D eigenvalue weighted by Crippen LogP contribution is 2.28. The van der Waals surface area contributed by atoms with E-state index in [1.54, 1.807) is 0 Å². The van der Waals surface area contributed by atoms with Crippen LogP contribution in [-0.4, -0.2) is 28.5 Å². The average Bonchev–Trinajstić information content (AvgIpc) is 2.28. The van der Waals surface area contributed by atoms with Gasteiger partial charge in [-0.15, -0.1) is 0 Å². The largest absolute Gasteiger partial charge is 0.390 e. The Morgan fingerprint density at radius 1 is 1.12 bits per heavy atom. The van der Waals surface area contributed by atoms with Crippen molar-refractivity contribution in [3.63, 3.8) is 0 Å². The van der Waals surface area contributed by atoms with Crippen LogP contribution in [0.3, 0.4) is 0 Å². The molecule has 0 aliphatic heterocycles. The van der Waals surface area contributed by atoms with Crippen LogP contribution in [-0.2, 0) is 0 Å². The van der Waals surface area contributed by atoms with Gasteiger partial charge < -0.3 is 15.9 Å². The summed E-state index contributed by atoms with van der Waals surface area (Å²) >= 11 is 0. The maximum absolute atomic E-state index is 9.99. The topological polar surface area (TPSA) is 66.5 Å². The second kappa shape index (κ2) is 7.34. The van der Waals surface area contributed by atoms with Gasteiger partial charge in [-0.2, -0.15) is 0 Å². The van der Waals surface area contributed by atoms with Crippen molar-refractivity contribution >= 4 is 0 Å². The quantitative estimate of drug-likeness (QED) is 0.669. The summed E-state index contributed by atoms with van der Waals surface area (Å²) in [7, 11) is 0. The summed E-state index contributed by atoms with van der Waals surface area (Å²) in [6.07, 6.45) is 6.44. The van der Waals surface area contributed by atoms with Gasteiger partial charge in [0.25, 0.3) is 0 Å². The molecule has 0 spiro atoms. The molecule has 1 fully saturated rings. The van der Waals surface area contributed by atoms with Crippen molar-refractivity contribution in [1.82, 2.24) is 0 Å². The Hall–Kier alpha value is -0.120. The van der Waals surface area contributed by atoms with Crippen molar-refractivity contribution in [1.29, 1.82) is 0 Å². The highest BCUT2D eigenvalue weighted by Gasteiger charge is 2.26. The van der Waals surface area contributed by atoms with Gasteiger partial charge in [0.2, 0.25) is 0 Å². The number of aliphatic hydroxyl groups excluding tert-OH is 2. The Balaban J connectivity index is 2.31. The average molecular weight is 243 g/mol. The Morgan fingerprint density at radius 3 is 2.24 bits per heavy atom. The summed E-state index contributed by atoms with van der Waals surface area (Å²) in [6.45, 7) is 4.09. The first-order valence-corrected chi connectivity index (χ1v) is 7.12. The van der Waals surface area contributed by atoms with Crippen LogP contribution >= 0.6 is 0 Å². The fraction of sp³-hybridized carbons (Fsp3) is 1.00. The molecule has 1 aliphatic carbocycles. The van der Waals surface area contributed by atoms with E-state index in [9.17, 15) is 10.2 Å². The van der Waals surface area contributed by atoms with Crippen molar-refractivity contribution in [2.24, 2.45) is 17.6 Å². The summed E-state index contributed by atoms with van der Waals surface area (Å²) in [5, 5.41) is 19.8. The van der Waals surface area contributed by atoms with E-state index < -0.39 is 12.2 Å². The van der Waals surface area contributed by atoms with E-state index in [2.05, 4.69) is 0 Å². The number of aliphatic hydroxyl groups is 2. The maximum Gasteiger partial charge on any atom is 0.0949 e. The van der Waals surface area contributed by atoms with E-state index in [4.69, 9.17) is 5.73 Å². The molecule has 4 N–H and O–H groups in total. The highest BCUT2D eigenvalue weighted by atomic mass is 16.3. The Labute approximate surface area is 105 Å². The predicted octanol–water partition coefficient (Wildman–Crippen LogP) is 2.05.